The monoisotopic (exact) mass is 230 g/mol. The molecule has 0 aromatic heterocycles. The molecule has 4 atom stereocenters. The van der Waals surface area contributed by atoms with Crippen molar-refractivity contribution in [3.05, 3.63) is 11.8 Å². The minimum Gasteiger partial charge on any atom is -0.325 e. The molecule has 3 rings (SSSR count). The average Bonchev–Trinajstić information content (AvgIpc) is 2.15. The van der Waals surface area contributed by atoms with Crippen molar-refractivity contribution in [1.29, 1.82) is 0 Å². The number of halogens is 1. The average molecular weight is 231 g/mol. The fourth-order valence-corrected chi connectivity index (χ4v) is 3.38. The zero-order valence-corrected chi connectivity index (χ0v) is 10.4. The van der Waals surface area contributed by atoms with Crippen LogP contribution < -0.4 is 0 Å². The van der Waals surface area contributed by atoms with E-state index in [1.165, 1.54) is 6.42 Å². The summed E-state index contributed by atoms with van der Waals surface area (Å²) in [7, 11) is 0. The molecule has 2 nitrogen and oxygen atoms in total. The van der Waals surface area contributed by atoms with E-state index in [1.807, 2.05) is 0 Å². The van der Waals surface area contributed by atoms with Gasteiger partial charge in [-0.05, 0) is 54.2 Å². The Bertz CT molecular complexity index is 275. The third-order valence-electron chi connectivity index (χ3n) is 4.55. The molecule has 0 aromatic rings. The molecule has 0 N–H and O–H groups in total. The second kappa shape index (κ2) is 3.67. The summed E-state index contributed by atoms with van der Waals surface area (Å²) in [6.07, 6.45) is 2.60. The first kappa shape index (κ1) is 11.3. The van der Waals surface area contributed by atoms with E-state index >= 15 is 0 Å². The van der Waals surface area contributed by atoms with Gasteiger partial charge in [0.2, 0.25) is 5.22 Å². The maximum absolute atomic E-state index is 5.51. The van der Waals surface area contributed by atoms with E-state index in [4.69, 9.17) is 21.4 Å². The predicted molar refractivity (Wildman–Crippen MR) is 60.1 cm³/mol. The highest BCUT2D eigenvalue weighted by Crippen LogP contribution is 2.61. The van der Waals surface area contributed by atoms with Crippen LogP contribution in [-0.4, -0.2) is 6.10 Å². The fraction of sp³-hybridized carbons (Fsp3) is 0.833. The molecule has 3 aliphatic rings. The first-order valence-corrected chi connectivity index (χ1v) is 5.98. The molecular weight excluding hydrogens is 212 g/mol. The fourth-order valence-electron chi connectivity index (χ4n) is 3.34. The van der Waals surface area contributed by atoms with E-state index in [0.29, 0.717) is 11.3 Å². The van der Waals surface area contributed by atoms with Crippen LogP contribution in [0.3, 0.4) is 0 Å². The Kier molecular flexibility index (Phi) is 2.76. The zero-order valence-electron chi connectivity index (χ0n) is 9.63. The first-order chi connectivity index (χ1) is 6.93. The summed E-state index contributed by atoms with van der Waals surface area (Å²) < 4.78 is 0. The van der Waals surface area contributed by atoms with Gasteiger partial charge in [-0.25, -0.2) is 0 Å². The maximum Gasteiger partial charge on any atom is 0.224 e. The van der Waals surface area contributed by atoms with Crippen molar-refractivity contribution in [3.8, 4) is 0 Å². The molecule has 1 unspecified atom stereocenters. The summed E-state index contributed by atoms with van der Waals surface area (Å²) in [6.45, 7) is 10.4. The number of rotatable bonds is 3. The summed E-state index contributed by atoms with van der Waals surface area (Å²) >= 11 is 5.51. The van der Waals surface area contributed by atoms with Crippen molar-refractivity contribution in [3.63, 3.8) is 0 Å². The molecule has 3 aliphatic carbocycles. The number of hydrogen-bond donors (Lipinski definition) is 0. The van der Waals surface area contributed by atoms with E-state index in [9.17, 15) is 0 Å². The smallest absolute Gasteiger partial charge is 0.224 e. The molecule has 0 saturated heterocycles. The Labute approximate surface area is 96.5 Å². The van der Waals surface area contributed by atoms with Crippen LogP contribution in [0.5, 0.6) is 0 Å². The molecule has 0 radical (unpaired) electrons. The lowest BCUT2D eigenvalue weighted by molar-refractivity contribution is -0.330. The van der Waals surface area contributed by atoms with Gasteiger partial charge in [-0.15, -0.1) is 0 Å². The lowest BCUT2D eigenvalue weighted by atomic mass is 9.45. The van der Waals surface area contributed by atoms with Gasteiger partial charge >= 0.3 is 0 Å². The Balaban J connectivity index is 1.93. The molecule has 3 saturated carbocycles. The zero-order chi connectivity index (χ0) is 11.2. The van der Waals surface area contributed by atoms with Crippen LogP contribution in [0.15, 0.2) is 11.8 Å². The molecule has 3 heteroatoms. The van der Waals surface area contributed by atoms with Crippen molar-refractivity contribution in [2.75, 3.05) is 0 Å². The molecule has 3 fully saturated rings. The summed E-state index contributed by atoms with van der Waals surface area (Å²) in [5, 5.41) is 0.112. The molecule has 0 aromatic carbocycles. The second-order valence-corrected chi connectivity index (χ2v) is 5.95. The Morgan fingerprint density at radius 2 is 2.07 bits per heavy atom. The summed E-state index contributed by atoms with van der Waals surface area (Å²) in [4.78, 5) is 10.2. The van der Waals surface area contributed by atoms with Gasteiger partial charge in [0.25, 0.3) is 0 Å². The lowest BCUT2D eigenvalue weighted by Gasteiger charge is -2.61. The Morgan fingerprint density at radius 3 is 2.53 bits per heavy atom. The van der Waals surface area contributed by atoms with E-state index in [2.05, 4.69) is 27.4 Å². The van der Waals surface area contributed by atoms with Gasteiger partial charge in [-0.2, -0.15) is 4.89 Å². The number of hydrogen-bond acceptors (Lipinski definition) is 2. The highest BCUT2D eigenvalue weighted by molar-refractivity contribution is 6.27. The van der Waals surface area contributed by atoms with Crippen LogP contribution in [0.2, 0.25) is 0 Å². The highest BCUT2D eigenvalue weighted by atomic mass is 35.5. The van der Waals surface area contributed by atoms with Gasteiger partial charge in [-0.3, -0.25) is 0 Å². The van der Waals surface area contributed by atoms with Crippen LogP contribution in [0.25, 0.3) is 0 Å². The largest absolute Gasteiger partial charge is 0.325 e. The van der Waals surface area contributed by atoms with E-state index in [0.717, 1.165) is 18.3 Å². The molecule has 0 amide bonds. The van der Waals surface area contributed by atoms with Crippen molar-refractivity contribution >= 4 is 11.6 Å². The van der Waals surface area contributed by atoms with Crippen LogP contribution in [0.1, 0.15) is 33.6 Å². The SMILES string of the molecule is C=C(Cl)OO[C@@H]1CC2C[C@H]([C@H]1C)C2(C)C. The topological polar surface area (TPSA) is 18.5 Å². The minimum atomic E-state index is 0.112. The van der Waals surface area contributed by atoms with E-state index in [-0.39, 0.29) is 11.3 Å². The molecule has 15 heavy (non-hydrogen) atoms. The van der Waals surface area contributed by atoms with Gasteiger partial charge in [-0.1, -0.05) is 20.8 Å². The van der Waals surface area contributed by atoms with E-state index < -0.39 is 0 Å². The predicted octanol–water partition coefficient (Wildman–Crippen LogP) is 3.72. The van der Waals surface area contributed by atoms with Gasteiger partial charge in [0.15, 0.2) is 0 Å². The lowest BCUT2D eigenvalue weighted by Crippen LogP contribution is -2.57. The van der Waals surface area contributed by atoms with Crippen molar-refractivity contribution in [2.24, 2.45) is 23.2 Å². The van der Waals surface area contributed by atoms with Crippen molar-refractivity contribution < 1.29 is 9.78 Å². The van der Waals surface area contributed by atoms with Crippen LogP contribution in [0.4, 0.5) is 0 Å². The van der Waals surface area contributed by atoms with E-state index in [1.54, 1.807) is 0 Å². The third-order valence-corrected chi connectivity index (χ3v) is 4.61. The summed E-state index contributed by atoms with van der Waals surface area (Å²) in [5.41, 5.74) is 0.483. The van der Waals surface area contributed by atoms with Gasteiger partial charge < -0.3 is 4.89 Å². The highest BCUT2D eigenvalue weighted by Gasteiger charge is 2.57. The Hall–Kier alpha value is -0.210. The van der Waals surface area contributed by atoms with Gasteiger partial charge in [0, 0.05) is 0 Å². The second-order valence-electron chi connectivity index (χ2n) is 5.53. The van der Waals surface area contributed by atoms with Crippen LogP contribution in [0, 0.1) is 23.2 Å². The molecule has 86 valence electrons. The van der Waals surface area contributed by atoms with Crippen molar-refractivity contribution in [2.45, 2.75) is 39.7 Å². The third kappa shape index (κ3) is 1.78. The first-order valence-electron chi connectivity index (χ1n) is 5.60. The standard InChI is InChI=1S/C12H19ClO2/c1-7-10-5-9(12(10,3)4)6-11(7)15-14-8(2)13/h7,9-11H,2,5-6H2,1,3-4H3/t7-,9?,10-,11-/m1/s1. The quantitative estimate of drug-likeness (QED) is 0.418. The molecule has 0 spiro atoms. The summed E-state index contributed by atoms with van der Waals surface area (Å²) in [6, 6.07) is 0. The van der Waals surface area contributed by atoms with Crippen LogP contribution in [-0.2, 0) is 9.78 Å². The molecule has 0 heterocycles. The van der Waals surface area contributed by atoms with Gasteiger partial charge in [0.1, 0.15) is 6.10 Å². The molecular formula is C12H19ClO2. The van der Waals surface area contributed by atoms with Crippen molar-refractivity contribution in [1.82, 2.24) is 0 Å². The minimum absolute atomic E-state index is 0.112. The summed E-state index contributed by atoms with van der Waals surface area (Å²) in [5.74, 6) is 2.07. The molecule has 0 aliphatic heterocycles. The van der Waals surface area contributed by atoms with Gasteiger partial charge in [0.05, 0.1) is 0 Å². The maximum atomic E-state index is 5.51. The molecule has 2 bridgehead atoms. The Morgan fingerprint density at radius 1 is 1.40 bits per heavy atom. The number of fused-ring (bicyclic) bond motifs is 2. The van der Waals surface area contributed by atoms with Crippen LogP contribution >= 0.6 is 11.6 Å². The normalized spacial score (nSPS) is 41.9.